The fourth-order valence-corrected chi connectivity index (χ4v) is 9.01. The van der Waals surface area contributed by atoms with Gasteiger partial charge < -0.3 is 66.6 Å². The average Bonchev–Trinajstić information content (AvgIpc) is 3.32. The lowest BCUT2D eigenvalue weighted by Crippen LogP contribution is -2.18. The van der Waals surface area contributed by atoms with Crippen LogP contribution in [0.3, 0.4) is 0 Å². The molecule has 7 aromatic rings. The zero-order chi connectivity index (χ0) is 60.0. The van der Waals surface area contributed by atoms with Gasteiger partial charge in [0.2, 0.25) is 0 Å². The summed E-state index contributed by atoms with van der Waals surface area (Å²) in [4.78, 5) is 39.3. The number of fused-ring (bicyclic) bond motifs is 2. The maximum Gasteiger partial charge on any atom is 0.144 e. The molecule has 440 valence electrons. The van der Waals surface area contributed by atoms with Gasteiger partial charge in [0.05, 0.1) is 52.7 Å². The maximum absolute atomic E-state index is 13.5. The first-order valence-corrected chi connectivity index (χ1v) is 27.1. The first-order valence-electron chi connectivity index (χ1n) is 26.8. The number of nitrogens with zero attached hydrogens (tertiary/aromatic N) is 9. The predicted octanol–water partition coefficient (Wildman–Crippen LogP) is 10.2. The number of hydrogen-bond acceptors (Lipinski definition) is 22. The number of rotatable bonds is 21. The van der Waals surface area contributed by atoms with Gasteiger partial charge in [0.25, 0.3) is 0 Å². The lowest BCUT2D eigenvalue weighted by Gasteiger charge is -2.20. The van der Waals surface area contributed by atoms with Crippen LogP contribution in [0, 0.1) is 17.7 Å². The molecule has 0 fully saturated rings. The monoisotopic (exact) mass is 1180 g/mol. The van der Waals surface area contributed by atoms with E-state index in [0.717, 1.165) is 29.1 Å². The number of methoxy groups -OCH3 is 1. The van der Waals surface area contributed by atoms with Crippen molar-refractivity contribution < 1.29 is 37.9 Å². The normalized spacial score (nSPS) is 17.0. The fraction of sp³-hybridized carbons (Fsp3) is 0.177. The highest BCUT2D eigenvalue weighted by Crippen LogP contribution is 2.37. The van der Waals surface area contributed by atoms with Crippen LogP contribution in [0.2, 0.25) is 5.02 Å². The van der Waals surface area contributed by atoms with Gasteiger partial charge in [-0.1, -0.05) is 99.9 Å². The molecule has 0 radical (unpaired) electrons. The van der Waals surface area contributed by atoms with Gasteiger partial charge >= 0.3 is 0 Å². The quantitative estimate of drug-likeness (QED) is 0.0221. The minimum Gasteiger partial charge on any atom is -0.490 e. The molecule has 5 heterocycles. The van der Waals surface area contributed by atoms with Crippen LogP contribution in [0.25, 0.3) is 5.76 Å². The molecule has 2 aliphatic heterocycles. The summed E-state index contributed by atoms with van der Waals surface area (Å²) in [6.07, 6.45) is 25.4. The van der Waals surface area contributed by atoms with E-state index in [1.165, 1.54) is 69.5 Å². The summed E-state index contributed by atoms with van der Waals surface area (Å²) < 4.78 is 36.2. The number of anilines is 7. The van der Waals surface area contributed by atoms with E-state index in [1.807, 2.05) is 91.0 Å². The minimum absolute atomic E-state index is 0.0149. The number of hydrogen-bond donors (Lipinski definition) is 6. The van der Waals surface area contributed by atoms with Gasteiger partial charge in [-0.2, -0.15) is 0 Å². The number of allylic oxidation sites excluding steroid dienone is 3. The Kier molecular flexibility index (Phi) is 21.0. The van der Waals surface area contributed by atoms with E-state index < -0.39 is 0 Å². The Hall–Kier alpha value is -10.7. The highest BCUT2D eigenvalue weighted by molar-refractivity contribution is 6.32. The largest absolute Gasteiger partial charge is 0.490 e. The van der Waals surface area contributed by atoms with Crippen molar-refractivity contribution in [3.63, 3.8) is 0 Å². The minimum atomic E-state index is -0.295. The van der Waals surface area contributed by atoms with Crippen molar-refractivity contribution in [3.05, 3.63) is 232 Å². The predicted molar refractivity (Wildman–Crippen MR) is 330 cm³/mol. The third-order valence-electron chi connectivity index (χ3n) is 12.9. The van der Waals surface area contributed by atoms with Crippen LogP contribution in [-0.4, -0.2) is 95.3 Å². The topological polar surface area (TPSA) is 293 Å². The second kappa shape index (κ2) is 30.1. The molecule has 4 atom stereocenters. The summed E-state index contributed by atoms with van der Waals surface area (Å²) in [5, 5.41) is 21.5. The molecule has 0 spiro atoms. The first-order chi connectivity index (χ1) is 42.0. The zero-order valence-corrected chi connectivity index (χ0v) is 47.7. The summed E-state index contributed by atoms with van der Waals surface area (Å²) in [6.45, 7) is 1.18. The van der Waals surface area contributed by atoms with Gasteiger partial charge in [0.1, 0.15) is 111 Å². The lowest BCUT2D eigenvalue weighted by atomic mass is 9.96. The first kappa shape index (κ1) is 60.0. The molecule has 2 aliphatic carbocycles. The van der Waals surface area contributed by atoms with Gasteiger partial charge in [-0.15, -0.1) is 0 Å². The molecule has 0 saturated heterocycles. The molecular formula is C62H61ClFN15O7. The van der Waals surface area contributed by atoms with Gasteiger partial charge in [0, 0.05) is 48.0 Å². The maximum atomic E-state index is 13.5. The van der Waals surface area contributed by atoms with Crippen molar-refractivity contribution in [3.8, 4) is 5.75 Å². The lowest BCUT2D eigenvalue weighted by molar-refractivity contribution is 0.0760. The standard InChI is InChI=1S/C21H22ClN5O3.C21H21N5O2.C20H18FN5O2/c1-28-9-10-30-26-12-17-20(23)24-14-25-21(17)27-16-7-8-19(18(22)11-16)29-13-15-5-3-2-4-6-15;1-27-25-12-18-20(22)23-13-24-21(18)26-16-7-8-19-15(10-16)11-17(28-19)9-14-5-3-2-4-6-14;1-27-25-10-16-19(22)23-11-24-20(16)26-15-5-6-17-13(8-15)9-18(28-17)12-3-2-4-14(21)7-12/h2-8,11-12,14H,9-10,13H2,1H3,(H3,23,24,25,27);2-8,10-13,15,19H,9H2,1H3,(H3,22,23,24,26);2-11,13,17H,1H3,(H3,22,23,24,26)/b26-12+;25-12+;25-10+. The molecule has 86 heavy (non-hydrogen) atoms. The average molecular weight is 1180 g/mol. The number of aromatic nitrogens is 6. The molecule has 24 heteroatoms. The van der Waals surface area contributed by atoms with Crippen LogP contribution < -0.4 is 37.9 Å². The van der Waals surface area contributed by atoms with E-state index in [-0.39, 0.29) is 41.5 Å². The molecule has 0 saturated carbocycles. The Bertz CT molecular complexity index is 3740. The highest BCUT2D eigenvalue weighted by atomic mass is 35.5. The molecule has 4 unspecified atom stereocenters. The molecule has 4 aliphatic rings. The molecule has 0 bridgehead atoms. The van der Waals surface area contributed by atoms with E-state index >= 15 is 0 Å². The number of benzene rings is 4. The molecule has 11 rings (SSSR count). The second-order valence-electron chi connectivity index (χ2n) is 18.9. The Morgan fingerprint density at radius 2 is 1.15 bits per heavy atom. The van der Waals surface area contributed by atoms with Crippen LogP contribution >= 0.6 is 11.6 Å². The van der Waals surface area contributed by atoms with Gasteiger partial charge in [-0.05, 0) is 90.1 Å². The van der Waals surface area contributed by atoms with E-state index in [4.69, 9.17) is 62.3 Å². The molecule has 9 N–H and O–H groups in total. The summed E-state index contributed by atoms with van der Waals surface area (Å²) >= 11 is 6.38. The Labute approximate surface area is 500 Å². The summed E-state index contributed by atoms with van der Waals surface area (Å²) in [5.41, 5.74) is 24.9. The van der Waals surface area contributed by atoms with E-state index in [2.05, 4.69) is 91.7 Å². The van der Waals surface area contributed by atoms with Crippen molar-refractivity contribution in [1.29, 1.82) is 0 Å². The SMILES string of the molecule is CO/N=C/c1c(N)ncnc1NC1=CC2C=C(Cc3ccccc3)OC2C=C1.CO/N=C/c1c(N)ncnc1NC1=CC2C=C(c3cccc(F)c3)OC2C=C1.COCCO/N=C/c1c(N)ncnc1Nc1ccc(OCc2ccccc2)c(Cl)c1. The summed E-state index contributed by atoms with van der Waals surface area (Å²) in [6, 6.07) is 31.9. The Balaban J connectivity index is 0.000000154. The summed E-state index contributed by atoms with van der Waals surface area (Å²) in [5.74, 6) is 4.54. The van der Waals surface area contributed by atoms with Crippen molar-refractivity contribution in [1.82, 2.24) is 29.9 Å². The molecule has 4 aromatic carbocycles. The van der Waals surface area contributed by atoms with Gasteiger partial charge in [0.15, 0.2) is 0 Å². The molecular weight excluding hydrogens is 1120 g/mol. The van der Waals surface area contributed by atoms with Crippen molar-refractivity contribution in [2.45, 2.75) is 25.2 Å². The third-order valence-corrected chi connectivity index (χ3v) is 13.2. The third kappa shape index (κ3) is 16.5. The van der Waals surface area contributed by atoms with Crippen molar-refractivity contribution in [2.24, 2.45) is 27.3 Å². The fourth-order valence-electron chi connectivity index (χ4n) is 8.77. The number of nitrogens with two attached hydrogens (primary N) is 3. The van der Waals surface area contributed by atoms with Crippen LogP contribution in [0.4, 0.5) is 45.0 Å². The summed E-state index contributed by atoms with van der Waals surface area (Å²) in [7, 11) is 4.50. The van der Waals surface area contributed by atoms with Crippen LogP contribution in [0.1, 0.15) is 33.4 Å². The highest BCUT2D eigenvalue weighted by Gasteiger charge is 2.30. The number of halogens is 2. The zero-order valence-electron chi connectivity index (χ0n) is 46.9. The number of ether oxygens (including phenoxy) is 4. The number of nitrogens with one attached hydrogen (secondary N) is 3. The van der Waals surface area contributed by atoms with Gasteiger partial charge in [-0.25, -0.2) is 34.3 Å². The number of oxime groups is 3. The second-order valence-corrected chi connectivity index (χ2v) is 19.3. The van der Waals surface area contributed by atoms with Crippen LogP contribution in [0.15, 0.2) is 203 Å². The molecule has 0 amide bonds. The Morgan fingerprint density at radius 1 is 0.593 bits per heavy atom. The van der Waals surface area contributed by atoms with E-state index in [0.29, 0.717) is 87.6 Å². The van der Waals surface area contributed by atoms with Crippen molar-refractivity contribution in [2.75, 3.05) is 67.7 Å². The van der Waals surface area contributed by atoms with E-state index in [1.54, 1.807) is 25.3 Å². The molecule has 22 nitrogen and oxygen atoms in total. The smallest absolute Gasteiger partial charge is 0.144 e. The number of nitrogen functional groups attached to an aromatic ring is 3. The van der Waals surface area contributed by atoms with Crippen LogP contribution in [0.5, 0.6) is 5.75 Å². The Morgan fingerprint density at radius 3 is 1.72 bits per heavy atom. The van der Waals surface area contributed by atoms with Crippen molar-refractivity contribution >= 4 is 76.6 Å². The van der Waals surface area contributed by atoms with Crippen LogP contribution in [-0.2, 0) is 41.8 Å². The molecule has 3 aromatic heterocycles. The van der Waals surface area contributed by atoms with Gasteiger partial charge in [-0.3, -0.25) is 0 Å². The van der Waals surface area contributed by atoms with E-state index in [9.17, 15) is 4.39 Å².